The lowest BCUT2D eigenvalue weighted by Gasteiger charge is -2.23. The first kappa shape index (κ1) is 24.3. The molecule has 33 heavy (non-hydrogen) atoms. The highest BCUT2D eigenvalue weighted by Gasteiger charge is 2.27. The summed E-state index contributed by atoms with van der Waals surface area (Å²) in [4.78, 5) is 25.7. The monoisotopic (exact) mass is 454 g/mol. The second-order valence-electron chi connectivity index (χ2n) is 9.75. The molecular formula is C24H31FN6O2. The van der Waals surface area contributed by atoms with Crippen molar-refractivity contribution in [3.63, 3.8) is 0 Å². The van der Waals surface area contributed by atoms with Crippen molar-refractivity contribution in [2.45, 2.75) is 46.4 Å². The van der Waals surface area contributed by atoms with Crippen molar-refractivity contribution in [1.82, 2.24) is 20.3 Å². The maximum absolute atomic E-state index is 14.1. The predicted molar refractivity (Wildman–Crippen MR) is 129 cm³/mol. The summed E-state index contributed by atoms with van der Waals surface area (Å²) in [5.74, 6) is 0.0596. The predicted octanol–water partition coefficient (Wildman–Crippen LogP) is 4.07. The Balaban J connectivity index is 1.83. The molecule has 0 saturated heterocycles. The summed E-state index contributed by atoms with van der Waals surface area (Å²) in [7, 11) is 0. The van der Waals surface area contributed by atoms with Crippen LogP contribution < -0.4 is 16.0 Å². The summed E-state index contributed by atoms with van der Waals surface area (Å²) < 4.78 is 14.1. The summed E-state index contributed by atoms with van der Waals surface area (Å²) >= 11 is 0. The smallest absolute Gasteiger partial charge is 0.255 e. The Morgan fingerprint density at radius 2 is 1.76 bits per heavy atom. The van der Waals surface area contributed by atoms with Gasteiger partial charge in [-0.2, -0.15) is 0 Å². The normalized spacial score (nSPS) is 12.9. The van der Waals surface area contributed by atoms with Crippen molar-refractivity contribution in [2.75, 3.05) is 23.7 Å². The number of benzene rings is 1. The number of hydrogen-bond donors (Lipinski definition) is 4. The fourth-order valence-electron chi connectivity index (χ4n) is 2.93. The Hall–Kier alpha value is -3.33. The van der Waals surface area contributed by atoms with Gasteiger partial charge < -0.3 is 21.1 Å². The highest BCUT2D eigenvalue weighted by atomic mass is 19.1. The topological polar surface area (TPSA) is 112 Å². The Bertz CT molecular complexity index is 1120. The minimum Gasteiger partial charge on any atom is -0.387 e. The molecular weight excluding hydrogens is 423 g/mol. The van der Waals surface area contributed by atoms with Crippen LogP contribution in [-0.2, 0) is 0 Å². The summed E-state index contributed by atoms with van der Waals surface area (Å²) in [5.41, 5.74) is 1.59. The molecule has 4 N–H and O–H groups in total. The van der Waals surface area contributed by atoms with E-state index in [1.807, 2.05) is 18.2 Å². The van der Waals surface area contributed by atoms with Crippen LogP contribution in [0, 0.1) is 5.41 Å². The van der Waals surface area contributed by atoms with E-state index in [2.05, 4.69) is 51.7 Å². The molecule has 176 valence electrons. The number of anilines is 3. The Labute approximate surface area is 193 Å². The third-order valence-corrected chi connectivity index (χ3v) is 4.91. The fraction of sp³-hybridized carbons (Fsp3) is 0.417. The number of carbonyl (C=O) groups is 1. The molecule has 1 amide bonds. The third kappa shape index (κ3) is 6.82. The van der Waals surface area contributed by atoms with Gasteiger partial charge in [-0.1, -0.05) is 20.8 Å². The van der Waals surface area contributed by atoms with Crippen molar-refractivity contribution in [3.05, 3.63) is 48.4 Å². The summed E-state index contributed by atoms with van der Waals surface area (Å²) in [6, 6.07) is 7.34. The average Bonchev–Trinajstić information content (AvgIpc) is 2.74. The molecule has 0 aliphatic rings. The highest BCUT2D eigenvalue weighted by molar-refractivity contribution is 5.99. The number of nitrogens with one attached hydrogen (secondary N) is 3. The molecule has 0 aliphatic heterocycles. The SMILES string of the molecule is CC(C)(C)CNc1cc(Nc2ccc3nccnc3c2)ncc1C(=O)NCC(F)C(C)(C)O. The number of alkyl halides is 1. The van der Waals surface area contributed by atoms with Crippen LogP contribution in [0.1, 0.15) is 45.0 Å². The largest absolute Gasteiger partial charge is 0.387 e. The number of halogens is 1. The zero-order valence-electron chi connectivity index (χ0n) is 19.6. The first-order valence-electron chi connectivity index (χ1n) is 10.8. The zero-order chi connectivity index (χ0) is 24.2. The van der Waals surface area contributed by atoms with Gasteiger partial charge in [0.1, 0.15) is 12.0 Å². The molecule has 2 aromatic heterocycles. The molecule has 1 aromatic carbocycles. The van der Waals surface area contributed by atoms with Gasteiger partial charge in [0.15, 0.2) is 0 Å². The molecule has 2 heterocycles. The van der Waals surface area contributed by atoms with E-state index in [-0.39, 0.29) is 17.5 Å². The lowest BCUT2D eigenvalue weighted by atomic mass is 9.96. The number of nitrogens with zero attached hydrogens (tertiary/aromatic N) is 3. The molecule has 3 aromatic rings. The van der Waals surface area contributed by atoms with Gasteiger partial charge in [-0.05, 0) is 37.5 Å². The third-order valence-electron chi connectivity index (χ3n) is 4.91. The number of aliphatic hydroxyl groups is 1. The van der Waals surface area contributed by atoms with Crippen LogP contribution in [0.5, 0.6) is 0 Å². The quantitative estimate of drug-likeness (QED) is 0.406. The number of aromatic nitrogens is 3. The lowest BCUT2D eigenvalue weighted by molar-refractivity contribution is -0.00177. The van der Waals surface area contributed by atoms with Crippen molar-refractivity contribution in [2.24, 2.45) is 5.41 Å². The molecule has 0 spiro atoms. The van der Waals surface area contributed by atoms with Crippen molar-refractivity contribution < 1.29 is 14.3 Å². The molecule has 1 atom stereocenters. The average molecular weight is 455 g/mol. The van der Waals surface area contributed by atoms with E-state index in [1.54, 1.807) is 18.5 Å². The Morgan fingerprint density at radius 1 is 1.06 bits per heavy atom. The lowest BCUT2D eigenvalue weighted by Crippen LogP contribution is -2.42. The van der Waals surface area contributed by atoms with Gasteiger partial charge in [0.25, 0.3) is 5.91 Å². The first-order chi connectivity index (χ1) is 15.4. The fourth-order valence-corrected chi connectivity index (χ4v) is 2.93. The van der Waals surface area contributed by atoms with Crippen LogP contribution in [0.2, 0.25) is 0 Å². The zero-order valence-corrected chi connectivity index (χ0v) is 19.6. The van der Waals surface area contributed by atoms with Crippen molar-refractivity contribution in [1.29, 1.82) is 0 Å². The van der Waals surface area contributed by atoms with Gasteiger partial charge in [-0.25, -0.2) is 9.37 Å². The molecule has 8 nitrogen and oxygen atoms in total. The highest BCUT2D eigenvalue weighted by Crippen LogP contribution is 2.25. The number of fused-ring (bicyclic) bond motifs is 1. The van der Waals surface area contributed by atoms with Crippen LogP contribution in [0.3, 0.4) is 0 Å². The van der Waals surface area contributed by atoms with Gasteiger partial charge in [0, 0.05) is 36.9 Å². The molecule has 0 aliphatic carbocycles. The second-order valence-corrected chi connectivity index (χ2v) is 9.75. The van der Waals surface area contributed by atoms with Crippen LogP contribution in [0.4, 0.5) is 21.6 Å². The maximum atomic E-state index is 14.1. The Morgan fingerprint density at radius 3 is 2.42 bits per heavy atom. The van der Waals surface area contributed by atoms with Crippen LogP contribution in [0.15, 0.2) is 42.9 Å². The van der Waals surface area contributed by atoms with Crippen molar-refractivity contribution in [3.8, 4) is 0 Å². The first-order valence-corrected chi connectivity index (χ1v) is 10.8. The van der Waals surface area contributed by atoms with Gasteiger partial charge in [0.05, 0.1) is 34.4 Å². The van der Waals surface area contributed by atoms with Crippen LogP contribution in [-0.4, -0.2) is 50.8 Å². The summed E-state index contributed by atoms with van der Waals surface area (Å²) in [6.45, 7) is 9.26. The number of carbonyl (C=O) groups excluding carboxylic acids is 1. The minimum absolute atomic E-state index is 0.0351. The van der Waals surface area contributed by atoms with E-state index in [0.717, 1.165) is 16.7 Å². The summed E-state index contributed by atoms with van der Waals surface area (Å²) in [6.07, 6.45) is 3.12. The van der Waals surface area contributed by atoms with E-state index < -0.39 is 17.7 Å². The number of rotatable bonds is 8. The van der Waals surface area contributed by atoms with Gasteiger partial charge in [0.2, 0.25) is 0 Å². The molecule has 1 unspecified atom stereocenters. The standard InChI is InChI=1S/C24H31FN6O2/c1-23(2,3)14-30-18-11-21(31-15-6-7-17-19(10-15)27-9-8-26-17)28-12-16(18)22(32)29-13-20(25)24(4,5)33/h6-12,20,33H,13-14H2,1-5H3,(H,29,32)(H2,28,30,31). The van der Waals surface area contributed by atoms with E-state index in [9.17, 15) is 14.3 Å². The van der Waals surface area contributed by atoms with Crippen LogP contribution in [0.25, 0.3) is 11.0 Å². The molecule has 0 saturated carbocycles. The number of pyridine rings is 1. The van der Waals surface area contributed by atoms with Crippen molar-refractivity contribution >= 4 is 34.1 Å². The van der Waals surface area contributed by atoms with E-state index in [4.69, 9.17) is 0 Å². The van der Waals surface area contributed by atoms with E-state index in [0.29, 0.717) is 18.1 Å². The van der Waals surface area contributed by atoms with E-state index >= 15 is 0 Å². The van der Waals surface area contributed by atoms with E-state index in [1.165, 1.54) is 20.0 Å². The molecule has 0 fully saturated rings. The summed E-state index contributed by atoms with van der Waals surface area (Å²) in [5, 5.41) is 18.8. The molecule has 3 rings (SSSR count). The van der Waals surface area contributed by atoms with Gasteiger partial charge in [-0.3, -0.25) is 14.8 Å². The minimum atomic E-state index is -1.60. The molecule has 9 heteroatoms. The number of amides is 1. The number of hydrogen-bond acceptors (Lipinski definition) is 7. The van der Waals surface area contributed by atoms with Gasteiger partial charge >= 0.3 is 0 Å². The molecule has 0 radical (unpaired) electrons. The van der Waals surface area contributed by atoms with Crippen LogP contribution >= 0.6 is 0 Å². The Kier molecular flexibility index (Phi) is 7.12. The maximum Gasteiger partial charge on any atom is 0.255 e. The molecule has 0 bridgehead atoms. The van der Waals surface area contributed by atoms with Gasteiger partial charge in [-0.15, -0.1) is 0 Å². The second kappa shape index (κ2) is 9.66.